The van der Waals surface area contributed by atoms with E-state index in [4.69, 9.17) is 4.74 Å². The third-order valence-electron chi connectivity index (χ3n) is 5.97. The molecule has 0 bridgehead atoms. The van der Waals surface area contributed by atoms with Crippen LogP contribution >= 0.6 is 0 Å². The molecule has 0 N–H and O–H groups in total. The SMILES string of the molecule is O=C(COc1cccc2ccccc12)N1CCC(C(=O)N2CCCCC2)CC1. The Kier molecular flexibility index (Phi) is 5.79. The maximum atomic E-state index is 12.7. The Bertz CT molecular complexity index is 831. The molecule has 2 aromatic rings. The van der Waals surface area contributed by atoms with Crippen LogP contribution < -0.4 is 4.74 Å². The Hall–Kier alpha value is -2.56. The third kappa shape index (κ3) is 4.13. The van der Waals surface area contributed by atoms with Crippen LogP contribution in [0.4, 0.5) is 0 Å². The van der Waals surface area contributed by atoms with E-state index in [9.17, 15) is 9.59 Å². The summed E-state index contributed by atoms with van der Waals surface area (Å²) < 4.78 is 5.84. The number of hydrogen-bond acceptors (Lipinski definition) is 3. The molecule has 0 spiro atoms. The van der Waals surface area contributed by atoms with Gasteiger partial charge in [0.1, 0.15) is 5.75 Å². The summed E-state index contributed by atoms with van der Waals surface area (Å²) in [4.78, 5) is 29.1. The lowest BCUT2D eigenvalue weighted by molar-refractivity contribution is -0.142. The lowest BCUT2D eigenvalue weighted by atomic mass is 9.94. The van der Waals surface area contributed by atoms with Crippen LogP contribution in [0, 0.1) is 5.92 Å². The minimum absolute atomic E-state index is 0.00296. The molecule has 2 saturated heterocycles. The molecule has 5 nitrogen and oxygen atoms in total. The highest BCUT2D eigenvalue weighted by Gasteiger charge is 2.30. The van der Waals surface area contributed by atoms with Crippen molar-refractivity contribution in [3.63, 3.8) is 0 Å². The molecule has 2 amide bonds. The number of hydrogen-bond donors (Lipinski definition) is 0. The number of amides is 2. The minimum atomic E-state index is -0.00296. The topological polar surface area (TPSA) is 49.9 Å². The molecular formula is C23H28N2O3. The first-order chi connectivity index (χ1) is 13.7. The van der Waals surface area contributed by atoms with E-state index in [-0.39, 0.29) is 18.4 Å². The van der Waals surface area contributed by atoms with Crippen LogP contribution in [0.25, 0.3) is 10.8 Å². The molecule has 0 unspecified atom stereocenters. The molecule has 0 aliphatic carbocycles. The molecule has 2 aliphatic rings. The van der Waals surface area contributed by atoms with Crippen molar-refractivity contribution in [1.82, 2.24) is 9.80 Å². The van der Waals surface area contributed by atoms with E-state index in [1.54, 1.807) is 0 Å². The van der Waals surface area contributed by atoms with Crippen LogP contribution in [-0.2, 0) is 9.59 Å². The highest BCUT2D eigenvalue weighted by Crippen LogP contribution is 2.26. The zero-order chi connectivity index (χ0) is 19.3. The molecule has 2 heterocycles. The first kappa shape index (κ1) is 18.8. The molecule has 0 aromatic heterocycles. The molecule has 148 valence electrons. The quantitative estimate of drug-likeness (QED) is 0.816. The van der Waals surface area contributed by atoms with Gasteiger partial charge in [0.25, 0.3) is 5.91 Å². The van der Waals surface area contributed by atoms with Crippen molar-refractivity contribution in [1.29, 1.82) is 0 Å². The van der Waals surface area contributed by atoms with Crippen molar-refractivity contribution >= 4 is 22.6 Å². The number of ether oxygens (including phenoxy) is 1. The van der Waals surface area contributed by atoms with E-state index in [2.05, 4.69) is 0 Å². The van der Waals surface area contributed by atoms with Crippen LogP contribution in [0.1, 0.15) is 32.1 Å². The second-order valence-corrected chi connectivity index (χ2v) is 7.81. The van der Waals surface area contributed by atoms with Crippen LogP contribution in [0.5, 0.6) is 5.75 Å². The summed E-state index contributed by atoms with van der Waals surface area (Å²) >= 11 is 0. The van der Waals surface area contributed by atoms with Crippen molar-refractivity contribution < 1.29 is 14.3 Å². The highest BCUT2D eigenvalue weighted by atomic mass is 16.5. The molecule has 0 atom stereocenters. The predicted molar refractivity (Wildman–Crippen MR) is 109 cm³/mol. The number of nitrogens with zero attached hydrogens (tertiary/aromatic N) is 2. The first-order valence-corrected chi connectivity index (χ1v) is 10.4. The Morgan fingerprint density at radius 1 is 0.857 bits per heavy atom. The Morgan fingerprint density at radius 2 is 1.57 bits per heavy atom. The van der Waals surface area contributed by atoms with Crippen molar-refractivity contribution in [2.75, 3.05) is 32.8 Å². The van der Waals surface area contributed by atoms with Crippen molar-refractivity contribution in [3.05, 3.63) is 42.5 Å². The lowest BCUT2D eigenvalue weighted by Gasteiger charge is -2.35. The minimum Gasteiger partial charge on any atom is -0.483 e. The van der Waals surface area contributed by atoms with Gasteiger partial charge in [0.2, 0.25) is 5.91 Å². The van der Waals surface area contributed by atoms with Crippen LogP contribution in [0.2, 0.25) is 0 Å². The fourth-order valence-electron chi connectivity index (χ4n) is 4.30. The number of fused-ring (bicyclic) bond motifs is 1. The monoisotopic (exact) mass is 380 g/mol. The summed E-state index contributed by atoms with van der Waals surface area (Å²) in [7, 11) is 0. The molecule has 28 heavy (non-hydrogen) atoms. The summed E-state index contributed by atoms with van der Waals surface area (Å²) in [5.41, 5.74) is 0. The van der Waals surface area contributed by atoms with Gasteiger partial charge in [0, 0.05) is 37.5 Å². The number of piperidine rings is 2. The van der Waals surface area contributed by atoms with E-state index in [0.717, 1.165) is 55.3 Å². The van der Waals surface area contributed by atoms with Crippen LogP contribution in [0.15, 0.2) is 42.5 Å². The van der Waals surface area contributed by atoms with Gasteiger partial charge < -0.3 is 14.5 Å². The van der Waals surface area contributed by atoms with Gasteiger partial charge in [0.05, 0.1) is 0 Å². The highest BCUT2D eigenvalue weighted by molar-refractivity contribution is 5.88. The van der Waals surface area contributed by atoms with Gasteiger partial charge in [0.15, 0.2) is 6.61 Å². The number of likely N-dealkylation sites (tertiary alicyclic amines) is 2. The first-order valence-electron chi connectivity index (χ1n) is 10.4. The van der Waals surface area contributed by atoms with Crippen LogP contribution in [0.3, 0.4) is 0 Å². The number of benzene rings is 2. The molecule has 0 radical (unpaired) electrons. The summed E-state index contributed by atoms with van der Waals surface area (Å²) in [5, 5.41) is 2.12. The van der Waals surface area contributed by atoms with Crippen molar-refractivity contribution in [3.8, 4) is 5.75 Å². The standard InChI is InChI=1S/C23H28N2O3/c26-22(17-28-21-10-6-8-18-7-2-3-9-20(18)21)24-15-11-19(12-16-24)23(27)25-13-4-1-5-14-25/h2-3,6-10,19H,1,4-5,11-17H2. The average Bonchev–Trinajstić information content (AvgIpc) is 2.77. The summed E-state index contributed by atoms with van der Waals surface area (Å²) in [6, 6.07) is 13.9. The molecule has 0 saturated carbocycles. The zero-order valence-corrected chi connectivity index (χ0v) is 16.3. The fraction of sp³-hybridized carbons (Fsp3) is 0.478. The number of carbonyl (C=O) groups is 2. The van der Waals surface area contributed by atoms with Crippen molar-refractivity contribution in [2.24, 2.45) is 5.92 Å². The maximum absolute atomic E-state index is 12.7. The molecule has 2 aliphatic heterocycles. The van der Waals surface area contributed by atoms with E-state index in [0.29, 0.717) is 19.0 Å². The van der Waals surface area contributed by atoms with Gasteiger partial charge in [-0.25, -0.2) is 0 Å². The van der Waals surface area contributed by atoms with E-state index in [1.165, 1.54) is 6.42 Å². The third-order valence-corrected chi connectivity index (χ3v) is 5.97. The zero-order valence-electron chi connectivity index (χ0n) is 16.3. The van der Waals surface area contributed by atoms with Gasteiger partial charge in [-0.05, 0) is 43.6 Å². The molecule has 4 rings (SSSR count). The predicted octanol–water partition coefficient (Wildman–Crippen LogP) is 3.47. The largest absolute Gasteiger partial charge is 0.483 e. The number of rotatable bonds is 4. The molecule has 2 aromatic carbocycles. The van der Waals surface area contributed by atoms with E-state index < -0.39 is 0 Å². The van der Waals surface area contributed by atoms with Gasteiger partial charge in [-0.15, -0.1) is 0 Å². The maximum Gasteiger partial charge on any atom is 0.260 e. The summed E-state index contributed by atoms with van der Waals surface area (Å²) in [5.74, 6) is 1.10. The van der Waals surface area contributed by atoms with Crippen LogP contribution in [-0.4, -0.2) is 54.4 Å². The summed E-state index contributed by atoms with van der Waals surface area (Å²) in [6.07, 6.45) is 4.99. The molecule has 5 heteroatoms. The van der Waals surface area contributed by atoms with Gasteiger partial charge >= 0.3 is 0 Å². The Labute approximate surface area is 166 Å². The van der Waals surface area contributed by atoms with E-state index in [1.807, 2.05) is 52.3 Å². The smallest absolute Gasteiger partial charge is 0.260 e. The fourth-order valence-corrected chi connectivity index (χ4v) is 4.30. The van der Waals surface area contributed by atoms with Crippen molar-refractivity contribution in [2.45, 2.75) is 32.1 Å². The van der Waals surface area contributed by atoms with Gasteiger partial charge in [-0.1, -0.05) is 36.4 Å². The molecule has 2 fully saturated rings. The number of carbonyl (C=O) groups excluding carboxylic acids is 2. The average molecular weight is 380 g/mol. The van der Waals surface area contributed by atoms with Gasteiger partial charge in [-0.3, -0.25) is 9.59 Å². The normalized spacial score (nSPS) is 18.3. The molecular weight excluding hydrogens is 352 g/mol. The van der Waals surface area contributed by atoms with Gasteiger partial charge in [-0.2, -0.15) is 0 Å². The Morgan fingerprint density at radius 3 is 2.36 bits per heavy atom. The van der Waals surface area contributed by atoms with E-state index >= 15 is 0 Å². The Balaban J connectivity index is 1.29. The lowest BCUT2D eigenvalue weighted by Crippen LogP contribution is -2.46. The second kappa shape index (κ2) is 8.63. The second-order valence-electron chi connectivity index (χ2n) is 7.81. The summed E-state index contributed by atoms with van der Waals surface area (Å²) in [6.45, 7) is 3.12.